The topological polar surface area (TPSA) is 152 Å². The molecule has 0 saturated carbocycles. The van der Waals surface area contributed by atoms with E-state index in [4.69, 9.17) is 18.9 Å². The minimum absolute atomic E-state index is 0.220. The van der Waals surface area contributed by atoms with Gasteiger partial charge in [0.05, 0.1) is 13.2 Å². The zero-order valence-electron chi connectivity index (χ0n) is 39.6. The first-order chi connectivity index (χ1) is 30.3. The summed E-state index contributed by atoms with van der Waals surface area (Å²) >= 11 is 0. The standard InChI is InChI=1S/C52H94O10/c1-3-5-7-9-11-13-15-17-19-21-23-25-27-29-31-33-35-37-39-41-48(55)61-45(44-60-52-51(58)50(57)49(56)46(42-53)62-52)43-59-47(54)40-38-36-34-32-30-28-26-24-22-20-18-16-14-12-10-8-6-4-2/h11,13,17,19-20,22,45-46,49-53,56-58H,3-10,12,14-16,18,21,23-44H2,1-2H3/b13-11-,19-17-,22-20-. The van der Waals surface area contributed by atoms with Crippen LogP contribution in [0.2, 0.25) is 0 Å². The van der Waals surface area contributed by atoms with Crippen molar-refractivity contribution >= 4 is 11.9 Å². The first-order valence-electron chi connectivity index (χ1n) is 25.6. The summed E-state index contributed by atoms with van der Waals surface area (Å²) in [5, 5.41) is 40.2. The van der Waals surface area contributed by atoms with E-state index in [1.807, 2.05) is 0 Å². The quantitative estimate of drug-likeness (QED) is 0.0265. The third-order valence-electron chi connectivity index (χ3n) is 11.7. The second kappa shape index (κ2) is 42.8. The number of aliphatic hydroxyl groups excluding tert-OH is 4. The van der Waals surface area contributed by atoms with E-state index >= 15 is 0 Å². The van der Waals surface area contributed by atoms with Crippen LogP contribution in [0, 0.1) is 0 Å². The van der Waals surface area contributed by atoms with E-state index in [0.29, 0.717) is 6.42 Å². The van der Waals surface area contributed by atoms with Crippen molar-refractivity contribution in [1.29, 1.82) is 0 Å². The fourth-order valence-electron chi connectivity index (χ4n) is 7.68. The molecule has 0 bridgehead atoms. The first-order valence-corrected chi connectivity index (χ1v) is 25.6. The summed E-state index contributed by atoms with van der Waals surface area (Å²) in [5.41, 5.74) is 0. The highest BCUT2D eigenvalue weighted by atomic mass is 16.7. The monoisotopic (exact) mass is 879 g/mol. The maximum atomic E-state index is 12.8. The van der Waals surface area contributed by atoms with Crippen LogP contribution >= 0.6 is 0 Å². The van der Waals surface area contributed by atoms with Gasteiger partial charge in [-0.05, 0) is 70.6 Å². The smallest absolute Gasteiger partial charge is 0.306 e. The number of esters is 2. The number of rotatable bonds is 43. The third-order valence-corrected chi connectivity index (χ3v) is 11.7. The zero-order valence-corrected chi connectivity index (χ0v) is 39.6. The number of hydrogen-bond donors (Lipinski definition) is 4. The summed E-state index contributed by atoms with van der Waals surface area (Å²) in [6.07, 6.45) is 42.9. The molecule has 1 fully saturated rings. The first kappa shape index (κ1) is 57.9. The zero-order chi connectivity index (χ0) is 45.1. The molecule has 0 aromatic heterocycles. The molecule has 6 atom stereocenters. The normalized spacial score (nSPS) is 19.9. The average Bonchev–Trinajstić information content (AvgIpc) is 3.27. The van der Waals surface area contributed by atoms with Crippen molar-refractivity contribution in [3.63, 3.8) is 0 Å². The molecule has 1 rings (SSSR count). The summed E-state index contributed by atoms with van der Waals surface area (Å²) < 4.78 is 22.2. The van der Waals surface area contributed by atoms with Crippen LogP contribution in [0.4, 0.5) is 0 Å². The van der Waals surface area contributed by atoms with Gasteiger partial charge in [0, 0.05) is 12.8 Å². The predicted octanol–water partition coefficient (Wildman–Crippen LogP) is 11.8. The predicted molar refractivity (Wildman–Crippen MR) is 252 cm³/mol. The molecule has 1 aliphatic rings. The van der Waals surface area contributed by atoms with Gasteiger partial charge in [0.2, 0.25) is 0 Å². The van der Waals surface area contributed by atoms with Gasteiger partial charge in [0.1, 0.15) is 31.0 Å². The lowest BCUT2D eigenvalue weighted by Crippen LogP contribution is -2.59. The minimum Gasteiger partial charge on any atom is -0.462 e. The summed E-state index contributed by atoms with van der Waals surface area (Å²) in [6, 6.07) is 0. The molecular formula is C52H94O10. The third kappa shape index (κ3) is 33.4. The maximum absolute atomic E-state index is 12.8. The van der Waals surface area contributed by atoms with Gasteiger partial charge in [-0.15, -0.1) is 0 Å². The van der Waals surface area contributed by atoms with Gasteiger partial charge in [-0.2, -0.15) is 0 Å². The van der Waals surface area contributed by atoms with Gasteiger partial charge in [0.25, 0.3) is 0 Å². The molecule has 1 saturated heterocycles. The van der Waals surface area contributed by atoms with E-state index in [0.717, 1.165) is 64.2 Å². The van der Waals surface area contributed by atoms with Crippen molar-refractivity contribution in [1.82, 2.24) is 0 Å². The van der Waals surface area contributed by atoms with Crippen LogP contribution in [0.5, 0.6) is 0 Å². The molecule has 62 heavy (non-hydrogen) atoms. The average molecular weight is 879 g/mol. The molecule has 1 heterocycles. The van der Waals surface area contributed by atoms with Crippen molar-refractivity contribution in [3.8, 4) is 0 Å². The number of carbonyl (C=O) groups is 2. The Bertz CT molecular complexity index is 1110. The van der Waals surface area contributed by atoms with E-state index in [9.17, 15) is 30.0 Å². The molecule has 10 heteroatoms. The fraction of sp³-hybridized carbons (Fsp3) is 0.846. The lowest BCUT2D eigenvalue weighted by Gasteiger charge is -2.39. The largest absolute Gasteiger partial charge is 0.462 e. The summed E-state index contributed by atoms with van der Waals surface area (Å²) in [5.74, 6) is -0.810. The SMILES string of the molecule is CCCCC/C=C\C/C=C\CCCCCCCCCCCC(=O)OC(COC(=O)CCCCCCCCC/C=C\CCCCCCCCC)COC1OC(CO)C(O)C(O)C1O. The molecule has 0 aliphatic carbocycles. The Morgan fingerprint density at radius 2 is 0.903 bits per heavy atom. The van der Waals surface area contributed by atoms with Crippen molar-refractivity contribution in [3.05, 3.63) is 36.5 Å². The second-order valence-electron chi connectivity index (χ2n) is 17.6. The molecule has 6 unspecified atom stereocenters. The fourth-order valence-corrected chi connectivity index (χ4v) is 7.68. The van der Waals surface area contributed by atoms with E-state index in [-0.39, 0.29) is 32.0 Å². The maximum Gasteiger partial charge on any atom is 0.306 e. The second-order valence-corrected chi connectivity index (χ2v) is 17.6. The number of carbonyl (C=O) groups excluding carboxylic acids is 2. The van der Waals surface area contributed by atoms with Crippen LogP contribution in [0.15, 0.2) is 36.5 Å². The van der Waals surface area contributed by atoms with Crippen LogP contribution in [0.3, 0.4) is 0 Å². The van der Waals surface area contributed by atoms with Crippen LogP contribution in [-0.4, -0.2) is 89.0 Å². The Labute approximate surface area is 378 Å². The van der Waals surface area contributed by atoms with Crippen LogP contribution in [0.1, 0.15) is 226 Å². The Hall–Kier alpha value is -2.08. The summed E-state index contributed by atoms with van der Waals surface area (Å²) in [4.78, 5) is 25.4. The molecule has 0 radical (unpaired) electrons. The van der Waals surface area contributed by atoms with E-state index < -0.39 is 49.4 Å². The number of unbranched alkanes of at least 4 members (excludes halogenated alkanes) is 26. The van der Waals surface area contributed by atoms with Gasteiger partial charge in [0.15, 0.2) is 12.4 Å². The van der Waals surface area contributed by atoms with Crippen LogP contribution in [0.25, 0.3) is 0 Å². The molecular weight excluding hydrogens is 785 g/mol. The van der Waals surface area contributed by atoms with Crippen molar-refractivity contribution < 1.29 is 49.0 Å². The molecule has 0 spiro atoms. The number of hydrogen-bond acceptors (Lipinski definition) is 10. The Balaban J connectivity index is 2.27. The number of ether oxygens (including phenoxy) is 4. The summed E-state index contributed by atoms with van der Waals surface area (Å²) in [6.45, 7) is 3.41. The Kier molecular flexibility index (Phi) is 40.0. The highest BCUT2D eigenvalue weighted by molar-refractivity contribution is 5.70. The highest BCUT2D eigenvalue weighted by Gasteiger charge is 2.44. The molecule has 4 N–H and O–H groups in total. The summed E-state index contributed by atoms with van der Waals surface area (Å²) in [7, 11) is 0. The van der Waals surface area contributed by atoms with Crippen LogP contribution < -0.4 is 0 Å². The molecule has 1 aliphatic heterocycles. The van der Waals surface area contributed by atoms with E-state index in [1.165, 1.54) is 128 Å². The highest BCUT2D eigenvalue weighted by Crippen LogP contribution is 2.23. The molecule has 0 aromatic carbocycles. The molecule has 362 valence electrons. The van der Waals surface area contributed by atoms with Gasteiger partial charge < -0.3 is 39.4 Å². The van der Waals surface area contributed by atoms with Crippen molar-refractivity contribution in [2.45, 2.75) is 263 Å². The number of allylic oxidation sites excluding steroid dienone is 6. The van der Waals surface area contributed by atoms with Gasteiger partial charge in [-0.3, -0.25) is 9.59 Å². The lowest BCUT2D eigenvalue weighted by molar-refractivity contribution is -0.305. The lowest BCUT2D eigenvalue weighted by atomic mass is 9.99. The molecule has 10 nitrogen and oxygen atoms in total. The van der Waals surface area contributed by atoms with Gasteiger partial charge >= 0.3 is 11.9 Å². The molecule has 0 amide bonds. The molecule has 0 aromatic rings. The van der Waals surface area contributed by atoms with Crippen molar-refractivity contribution in [2.75, 3.05) is 19.8 Å². The van der Waals surface area contributed by atoms with Crippen LogP contribution in [-0.2, 0) is 28.5 Å². The Morgan fingerprint density at radius 1 is 0.500 bits per heavy atom. The van der Waals surface area contributed by atoms with Gasteiger partial charge in [-0.25, -0.2) is 0 Å². The van der Waals surface area contributed by atoms with E-state index in [2.05, 4.69) is 50.3 Å². The van der Waals surface area contributed by atoms with Gasteiger partial charge in [-0.1, -0.05) is 179 Å². The van der Waals surface area contributed by atoms with Crippen molar-refractivity contribution in [2.24, 2.45) is 0 Å². The Morgan fingerprint density at radius 3 is 1.39 bits per heavy atom. The number of aliphatic hydroxyl groups is 4. The minimum atomic E-state index is -1.60. The van der Waals surface area contributed by atoms with E-state index in [1.54, 1.807) is 0 Å².